The van der Waals surface area contributed by atoms with Crippen LogP contribution in [0.2, 0.25) is 0 Å². The topological polar surface area (TPSA) is 39.2 Å². The number of nitrogens with zero attached hydrogens (tertiary/aromatic N) is 1. The molecule has 50 valence electrons. The van der Waals surface area contributed by atoms with E-state index in [1.807, 2.05) is 0 Å². The fourth-order valence-electron chi connectivity index (χ4n) is 0.981. The van der Waals surface area contributed by atoms with Crippen LogP contribution in [0, 0.1) is 6.92 Å². The minimum absolute atomic E-state index is 0.263. The van der Waals surface area contributed by atoms with Gasteiger partial charge in [0.25, 0.3) is 0 Å². The molecule has 0 amide bonds. The van der Waals surface area contributed by atoms with Crippen molar-refractivity contribution in [3.05, 3.63) is 23.5 Å². The first-order valence-electron chi connectivity index (χ1n) is 2.97. The summed E-state index contributed by atoms with van der Waals surface area (Å²) in [5, 5.41) is 0. The second-order valence-corrected chi connectivity index (χ2v) is 2.16. The number of ether oxygens (including phenoxy) is 1. The van der Waals surface area contributed by atoms with Crippen LogP contribution in [0.15, 0.2) is 12.3 Å². The Bertz CT molecular complexity index is 292. The summed E-state index contributed by atoms with van der Waals surface area (Å²) in [4.78, 5) is 14.6. The summed E-state index contributed by atoms with van der Waals surface area (Å²) in [6, 6.07) is 1.68. The third-order valence-electron chi connectivity index (χ3n) is 1.51. The molecule has 0 unspecified atom stereocenters. The molecule has 0 spiro atoms. The van der Waals surface area contributed by atoms with E-state index in [1.165, 1.54) is 0 Å². The van der Waals surface area contributed by atoms with Crippen LogP contribution in [-0.2, 0) is 0 Å². The molecule has 2 heterocycles. The Hall–Kier alpha value is -1.38. The van der Waals surface area contributed by atoms with Crippen LogP contribution < -0.4 is 4.74 Å². The van der Waals surface area contributed by atoms with Crippen molar-refractivity contribution in [1.29, 1.82) is 0 Å². The standard InChI is InChI=1S/C7H5NO2/c1-4-6-5(2-3-8-4)10-7(6)9/h2-3H,1H3. The number of carbonyl (C=O) groups excluding carboxylic acids is 1. The van der Waals surface area contributed by atoms with Crippen LogP contribution in [0.3, 0.4) is 0 Å². The average Bonchev–Trinajstić information content (AvgIpc) is 1.85. The SMILES string of the molecule is Cc1nccc2c1C(=O)O2. The Kier molecular flexibility index (Phi) is 0.845. The van der Waals surface area contributed by atoms with Gasteiger partial charge in [-0.15, -0.1) is 0 Å². The maximum Gasteiger partial charge on any atom is 0.349 e. The van der Waals surface area contributed by atoms with E-state index in [0.29, 0.717) is 11.3 Å². The molecule has 1 aliphatic heterocycles. The van der Waals surface area contributed by atoms with E-state index in [0.717, 1.165) is 5.69 Å². The lowest BCUT2D eigenvalue weighted by Gasteiger charge is -2.17. The zero-order valence-electron chi connectivity index (χ0n) is 5.42. The molecular weight excluding hydrogens is 130 g/mol. The summed E-state index contributed by atoms with van der Waals surface area (Å²) >= 11 is 0. The van der Waals surface area contributed by atoms with Crippen LogP contribution in [-0.4, -0.2) is 11.0 Å². The molecule has 0 aromatic carbocycles. The number of hydrogen-bond donors (Lipinski definition) is 0. The molecule has 3 nitrogen and oxygen atoms in total. The molecule has 10 heavy (non-hydrogen) atoms. The lowest BCUT2D eigenvalue weighted by molar-refractivity contribution is 0.0656. The summed E-state index contributed by atoms with van der Waals surface area (Å²) in [6.07, 6.45) is 1.63. The number of carbonyl (C=O) groups is 1. The zero-order valence-corrected chi connectivity index (χ0v) is 5.42. The molecule has 2 rings (SSSR count). The van der Waals surface area contributed by atoms with E-state index in [-0.39, 0.29) is 5.97 Å². The molecule has 0 aliphatic carbocycles. The van der Waals surface area contributed by atoms with Gasteiger partial charge in [-0.25, -0.2) is 4.79 Å². The molecule has 1 aliphatic rings. The molecule has 1 aromatic heterocycles. The van der Waals surface area contributed by atoms with E-state index < -0.39 is 0 Å². The number of rotatable bonds is 0. The van der Waals surface area contributed by atoms with Gasteiger partial charge >= 0.3 is 5.97 Å². The Morgan fingerprint density at radius 1 is 1.60 bits per heavy atom. The summed E-state index contributed by atoms with van der Waals surface area (Å²) < 4.78 is 4.69. The highest BCUT2D eigenvalue weighted by molar-refractivity contribution is 6.01. The van der Waals surface area contributed by atoms with Crippen molar-refractivity contribution in [3.63, 3.8) is 0 Å². The summed E-state index contributed by atoms with van der Waals surface area (Å²) in [7, 11) is 0. The Morgan fingerprint density at radius 2 is 2.40 bits per heavy atom. The quantitative estimate of drug-likeness (QED) is 0.496. The number of aryl methyl sites for hydroxylation is 1. The van der Waals surface area contributed by atoms with Crippen LogP contribution >= 0.6 is 0 Å². The Labute approximate surface area is 57.7 Å². The number of pyridine rings is 1. The van der Waals surface area contributed by atoms with Crippen molar-refractivity contribution in [2.24, 2.45) is 0 Å². The Balaban J connectivity index is 2.68. The normalized spacial score (nSPS) is 13.5. The minimum atomic E-state index is -0.263. The molecule has 0 bridgehead atoms. The fraction of sp³-hybridized carbons (Fsp3) is 0.143. The third kappa shape index (κ3) is 0.492. The van der Waals surface area contributed by atoms with Gasteiger partial charge in [0.1, 0.15) is 11.3 Å². The summed E-state index contributed by atoms with van der Waals surface area (Å²) in [6.45, 7) is 1.79. The van der Waals surface area contributed by atoms with Gasteiger partial charge in [-0.1, -0.05) is 0 Å². The highest BCUT2D eigenvalue weighted by Gasteiger charge is 2.28. The Morgan fingerprint density at radius 3 is 2.90 bits per heavy atom. The smallest absolute Gasteiger partial charge is 0.349 e. The monoisotopic (exact) mass is 135 g/mol. The first-order chi connectivity index (χ1) is 4.79. The number of fused-ring (bicyclic) bond motifs is 1. The minimum Gasteiger partial charge on any atom is -0.422 e. The molecule has 3 heteroatoms. The molecule has 0 radical (unpaired) electrons. The van der Waals surface area contributed by atoms with Crippen molar-refractivity contribution in [2.45, 2.75) is 6.92 Å². The highest BCUT2D eigenvalue weighted by Crippen LogP contribution is 2.29. The molecule has 0 N–H and O–H groups in total. The van der Waals surface area contributed by atoms with Crippen molar-refractivity contribution >= 4 is 5.97 Å². The van der Waals surface area contributed by atoms with Gasteiger partial charge in [0, 0.05) is 12.3 Å². The second kappa shape index (κ2) is 1.56. The maximum atomic E-state index is 10.7. The predicted molar refractivity (Wildman–Crippen MR) is 33.9 cm³/mol. The first kappa shape index (κ1) is 5.41. The van der Waals surface area contributed by atoms with Gasteiger partial charge in [0.15, 0.2) is 0 Å². The van der Waals surface area contributed by atoms with Crippen molar-refractivity contribution in [2.75, 3.05) is 0 Å². The van der Waals surface area contributed by atoms with Gasteiger partial charge in [0.05, 0.1) is 5.69 Å². The molecular formula is C7H5NO2. The lowest BCUT2D eigenvalue weighted by atomic mass is 10.1. The van der Waals surface area contributed by atoms with Crippen molar-refractivity contribution < 1.29 is 9.53 Å². The molecule has 0 saturated heterocycles. The largest absolute Gasteiger partial charge is 0.422 e. The summed E-state index contributed by atoms with van der Waals surface area (Å²) in [5.41, 5.74) is 1.37. The van der Waals surface area contributed by atoms with E-state index in [4.69, 9.17) is 0 Å². The van der Waals surface area contributed by atoms with E-state index >= 15 is 0 Å². The zero-order chi connectivity index (χ0) is 7.14. The molecule has 0 fully saturated rings. The number of esters is 1. The molecule has 0 saturated carbocycles. The average molecular weight is 135 g/mol. The van der Waals surface area contributed by atoms with Crippen LogP contribution in [0.1, 0.15) is 16.1 Å². The van der Waals surface area contributed by atoms with E-state index in [9.17, 15) is 4.79 Å². The van der Waals surface area contributed by atoms with E-state index in [2.05, 4.69) is 9.72 Å². The van der Waals surface area contributed by atoms with E-state index in [1.54, 1.807) is 19.2 Å². The van der Waals surface area contributed by atoms with Gasteiger partial charge in [-0.05, 0) is 6.92 Å². The van der Waals surface area contributed by atoms with Gasteiger partial charge in [-0.3, -0.25) is 4.98 Å². The predicted octanol–water partition coefficient (Wildman–Crippen LogP) is 0.923. The van der Waals surface area contributed by atoms with Gasteiger partial charge in [0.2, 0.25) is 0 Å². The van der Waals surface area contributed by atoms with Gasteiger partial charge in [-0.2, -0.15) is 0 Å². The van der Waals surface area contributed by atoms with Crippen LogP contribution in [0.5, 0.6) is 5.75 Å². The van der Waals surface area contributed by atoms with Crippen molar-refractivity contribution in [1.82, 2.24) is 4.98 Å². The van der Waals surface area contributed by atoms with Crippen LogP contribution in [0.4, 0.5) is 0 Å². The van der Waals surface area contributed by atoms with Gasteiger partial charge < -0.3 is 4.74 Å². The van der Waals surface area contributed by atoms with Crippen molar-refractivity contribution in [3.8, 4) is 5.75 Å². The van der Waals surface area contributed by atoms with Crippen LogP contribution in [0.25, 0.3) is 0 Å². The second-order valence-electron chi connectivity index (χ2n) is 2.16. The third-order valence-corrected chi connectivity index (χ3v) is 1.51. The number of hydrogen-bond acceptors (Lipinski definition) is 3. The summed E-state index contributed by atoms with van der Waals surface area (Å²) in [5.74, 6) is 0.387. The highest BCUT2D eigenvalue weighted by atomic mass is 16.6. The maximum absolute atomic E-state index is 10.7. The molecule has 0 atom stereocenters. The fourth-order valence-corrected chi connectivity index (χ4v) is 0.981. The molecule has 1 aromatic rings. The number of aromatic nitrogens is 1. The first-order valence-corrected chi connectivity index (χ1v) is 2.97. The lowest BCUT2D eigenvalue weighted by Crippen LogP contribution is -2.22.